The van der Waals surface area contributed by atoms with Gasteiger partial charge in [0.25, 0.3) is 0 Å². The van der Waals surface area contributed by atoms with Crippen LogP contribution in [0.3, 0.4) is 0 Å². The van der Waals surface area contributed by atoms with Gasteiger partial charge in [-0.25, -0.2) is 0 Å². The molecule has 0 aliphatic rings. The normalized spacial score (nSPS) is 13.9. The van der Waals surface area contributed by atoms with Crippen LogP contribution in [0, 0.1) is 0 Å². The van der Waals surface area contributed by atoms with Crippen LogP contribution < -0.4 is 14.8 Å². The molecule has 2 atom stereocenters. The fourth-order valence-corrected chi connectivity index (χ4v) is 1.82. The number of likely N-dealkylation sites (N-methyl/N-ethyl adjacent to an activating group) is 1. The van der Waals surface area contributed by atoms with Gasteiger partial charge in [-0.3, -0.25) is 0 Å². The highest BCUT2D eigenvalue weighted by molar-refractivity contribution is 5.42. The van der Waals surface area contributed by atoms with E-state index in [1.807, 2.05) is 25.2 Å². The van der Waals surface area contributed by atoms with Gasteiger partial charge in [0.15, 0.2) is 0 Å². The van der Waals surface area contributed by atoms with Gasteiger partial charge in [0, 0.05) is 5.56 Å². The van der Waals surface area contributed by atoms with Crippen molar-refractivity contribution in [1.29, 1.82) is 0 Å². The van der Waals surface area contributed by atoms with E-state index in [1.54, 1.807) is 14.2 Å². The predicted molar refractivity (Wildman–Crippen MR) is 77.1 cm³/mol. The van der Waals surface area contributed by atoms with E-state index < -0.39 is 0 Å². The molecule has 1 aromatic rings. The smallest absolute Gasteiger partial charge is 0.123 e. The first kappa shape index (κ1) is 15.8. The molecule has 19 heavy (non-hydrogen) atoms. The number of hydrogen-bond donors (Lipinski definition) is 1. The van der Waals surface area contributed by atoms with E-state index in [-0.39, 0.29) is 12.1 Å². The third-order valence-electron chi connectivity index (χ3n) is 3.28. The number of benzene rings is 1. The summed E-state index contributed by atoms with van der Waals surface area (Å²) in [7, 11) is 5.26. The fourth-order valence-electron chi connectivity index (χ4n) is 1.82. The average molecular weight is 267 g/mol. The summed E-state index contributed by atoms with van der Waals surface area (Å²) >= 11 is 0. The van der Waals surface area contributed by atoms with Crippen LogP contribution in [0.5, 0.6) is 11.5 Å². The van der Waals surface area contributed by atoms with E-state index in [0.29, 0.717) is 6.61 Å². The lowest BCUT2D eigenvalue weighted by Crippen LogP contribution is -2.24. The van der Waals surface area contributed by atoms with Crippen LogP contribution >= 0.6 is 0 Å². The second-order valence-corrected chi connectivity index (χ2v) is 4.50. The molecular formula is C15H25NO3. The molecule has 0 aliphatic carbocycles. The van der Waals surface area contributed by atoms with Crippen molar-refractivity contribution in [2.24, 2.45) is 0 Å². The molecule has 0 spiro atoms. The van der Waals surface area contributed by atoms with Crippen molar-refractivity contribution in [2.45, 2.75) is 32.4 Å². The van der Waals surface area contributed by atoms with Crippen molar-refractivity contribution in [1.82, 2.24) is 5.32 Å². The molecule has 1 rings (SSSR count). The molecule has 0 amide bonds. The number of methoxy groups -OCH3 is 2. The predicted octanol–water partition coefficient (Wildman–Crippen LogP) is 2.78. The van der Waals surface area contributed by atoms with Crippen molar-refractivity contribution in [3.8, 4) is 11.5 Å². The Balaban J connectivity index is 2.89. The van der Waals surface area contributed by atoms with Crippen molar-refractivity contribution in [2.75, 3.05) is 27.9 Å². The number of hydrogen-bond acceptors (Lipinski definition) is 4. The molecule has 0 radical (unpaired) electrons. The minimum Gasteiger partial charge on any atom is -0.497 e. The lowest BCUT2D eigenvalue weighted by molar-refractivity contribution is 0.0483. The molecule has 1 aromatic carbocycles. The number of ether oxygens (including phenoxy) is 3. The molecule has 2 unspecified atom stereocenters. The second kappa shape index (κ2) is 8.02. The summed E-state index contributed by atoms with van der Waals surface area (Å²) in [5, 5.41) is 3.26. The summed E-state index contributed by atoms with van der Waals surface area (Å²) in [4.78, 5) is 0. The van der Waals surface area contributed by atoms with Crippen LogP contribution in [0.1, 0.15) is 31.9 Å². The van der Waals surface area contributed by atoms with E-state index in [9.17, 15) is 0 Å². The van der Waals surface area contributed by atoms with E-state index in [2.05, 4.69) is 19.2 Å². The summed E-state index contributed by atoms with van der Waals surface area (Å²) in [6.07, 6.45) is 1.26. The molecule has 0 saturated carbocycles. The Bertz CT molecular complexity index is 382. The second-order valence-electron chi connectivity index (χ2n) is 4.50. The average Bonchev–Trinajstić information content (AvgIpc) is 2.47. The fraction of sp³-hybridized carbons (Fsp3) is 0.600. The molecule has 0 fully saturated rings. The number of rotatable bonds is 8. The SMILES string of the molecule is CCC(C)OCC(NC)c1cc(OC)ccc1OC. The zero-order valence-electron chi connectivity index (χ0n) is 12.5. The van der Waals surface area contributed by atoms with Gasteiger partial charge in [-0.2, -0.15) is 0 Å². The van der Waals surface area contributed by atoms with Gasteiger partial charge in [0.1, 0.15) is 11.5 Å². The molecule has 108 valence electrons. The maximum Gasteiger partial charge on any atom is 0.123 e. The number of nitrogens with one attached hydrogen (secondary N) is 1. The summed E-state index contributed by atoms with van der Waals surface area (Å²) < 4.78 is 16.5. The topological polar surface area (TPSA) is 39.7 Å². The summed E-state index contributed by atoms with van der Waals surface area (Å²) in [6, 6.07) is 5.88. The third-order valence-corrected chi connectivity index (χ3v) is 3.28. The Morgan fingerprint density at radius 2 is 1.95 bits per heavy atom. The van der Waals surface area contributed by atoms with Gasteiger partial charge in [0.2, 0.25) is 0 Å². The maximum atomic E-state index is 5.81. The Morgan fingerprint density at radius 3 is 2.47 bits per heavy atom. The molecular weight excluding hydrogens is 242 g/mol. The van der Waals surface area contributed by atoms with Gasteiger partial charge in [-0.1, -0.05) is 6.92 Å². The highest BCUT2D eigenvalue weighted by atomic mass is 16.5. The maximum absolute atomic E-state index is 5.81. The lowest BCUT2D eigenvalue weighted by Gasteiger charge is -2.22. The largest absolute Gasteiger partial charge is 0.497 e. The van der Waals surface area contributed by atoms with Crippen molar-refractivity contribution >= 4 is 0 Å². The molecule has 0 aromatic heterocycles. The van der Waals surface area contributed by atoms with Crippen LogP contribution in [0.4, 0.5) is 0 Å². The summed E-state index contributed by atoms with van der Waals surface area (Å²) in [6.45, 7) is 4.80. The van der Waals surface area contributed by atoms with Gasteiger partial charge >= 0.3 is 0 Å². The van der Waals surface area contributed by atoms with Crippen LogP contribution in [0.2, 0.25) is 0 Å². The van der Waals surface area contributed by atoms with Crippen molar-refractivity contribution in [3.05, 3.63) is 23.8 Å². The molecule has 0 aliphatic heterocycles. The first-order valence-electron chi connectivity index (χ1n) is 6.67. The molecule has 1 N–H and O–H groups in total. The van der Waals surface area contributed by atoms with Gasteiger partial charge < -0.3 is 19.5 Å². The highest BCUT2D eigenvalue weighted by Crippen LogP contribution is 2.29. The molecule has 4 heteroatoms. The van der Waals surface area contributed by atoms with Crippen LogP contribution in [-0.2, 0) is 4.74 Å². The summed E-state index contributed by atoms with van der Waals surface area (Å²) in [5.74, 6) is 1.66. The third kappa shape index (κ3) is 4.40. The van der Waals surface area contributed by atoms with Crippen LogP contribution in [-0.4, -0.2) is 34.0 Å². The minimum atomic E-state index is 0.0825. The first-order chi connectivity index (χ1) is 9.15. The summed E-state index contributed by atoms with van der Waals surface area (Å²) in [5.41, 5.74) is 1.05. The Labute approximate surface area is 116 Å². The zero-order valence-corrected chi connectivity index (χ0v) is 12.5. The monoisotopic (exact) mass is 267 g/mol. The van der Waals surface area contributed by atoms with Gasteiger partial charge in [-0.05, 0) is 38.6 Å². The van der Waals surface area contributed by atoms with Crippen molar-refractivity contribution in [3.63, 3.8) is 0 Å². The lowest BCUT2D eigenvalue weighted by atomic mass is 10.1. The van der Waals surface area contributed by atoms with E-state index in [4.69, 9.17) is 14.2 Å². The minimum absolute atomic E-state index is 0.0825. The standard InChI is InChI=1S/C15H25NO3/c1-6-11(2)19-10-14(16-3)13-9-12(17-4)7-8-15(13)18-5/h7-9,11,14,16H,6,10H2,1-5H3. The van der Waals surface area contributed by atoms with E-state index in [0.717, 1.165) is 23.5 Å². The van der Waals surface area contributed by atoms with E-state index >= 15 is 0 Å². The van der Waals surface area contributed by atoms with E-state index in [1.165, 1.54) is 0 Å². The zero-order chi connectivity index (χ0) is 14.3. The molecule has 0 bridgehead atoms. The molecule has 0 saturated heterocycles. The quantitative estimate of drug-likeness (QED) is 0.786. The van der Waals surface area contributed by atoms with Crippen molar-refractivity contribution < 1.29 is 14.2 Å². The van der Waals surface area contributed by atoms with Gasteiger partial charge in [-0.15, -0.1) is 0 Å². The Kier molecular flexibility index (Phi) is 6.67. The first-order valence-corrected chi connectivity index (χ1v) is 6.67. The van der Waals surface area contributed by atoms with Crippen LogP contribution in [0.25, 0.3) is 0 Å². The van der Waals surface area contributed by atoms with Crippen LogP contribution in [0.15, 0.2) is 18.2 Å². The molecule has 4 nitrogen and oxygen atoms in total. The highest BCUT2D eigenvalue weighted by Gasteiger charge is 2.16. The van der Waals surface area contributed by atoms with Gasteiger partial charge in [0.05, 0.1) is 33.0 Å². The Hall–Kier alpha value is -1.26. The Morgan fingerprint density at radius 1 is 1.21 bits per heavy atom. The molecule has 0 heterocycles.